The highest BCUT2D eigenvalue weighted by atomic mass is 32.2. The molecule has 142 valence electrons. The third kappa shape index (κ3) is 4.16. The molecule has 3 heterocycles. The molecule has 1 fully saturated rings. The van der Waals surface area contributed by atoms with Gasteiger partial charge < -0.3 is 0 Å². The van der Waals surface area contributed by atoms with Crippen LogP contribution in [0.3, 0.4) is 0 Å². The average molecular weight is 419 g/mol. The molecule has 0 spiro atoms. The second kappa shape index (κ2) is 7.83. The van der Waals surface area contributed by atoms with E-state index in [9.17, 15) is 8.42 Å². The van der Waals surface area contributed by atoms with Gasteiger partial charge in [-0.25, -0.2) is 13.4 Å². The fourth-order valence-electron chi connectivity index (χ4n) is 3.48. The Hall–Kier alpha value is -1.54. The zero-order valence-electron chi connectivity index (χ0n) is 15.2. The standard InChI is InChI=1S/C20H22N2O2S3/c1-15-13-26-20(21-15)18-12-19(25-14-18)27(23,24)22-9-7-17(8-10-22)11-16-5-3-2-4-6-16/h2-6,12-14,17H,7-11H2,1H3. The van der Waals surface area contributed by atoms with Crippen molar-refractivity contribution in [3.63, 3.8) is 0 Å². The molecule has 0 amide bonds. The van der Waals surface area contributed by atoms with Crippen LogP contribution in [0.25, 0.3) is 10.6 Å². The van der Waals surface area contributed by atoms with Crippen molar-refractivity contribution in [3.8, 4) is 10.6 Å². The van der Waals surface area contributed by atoms with E-state index in [1.165, 1.54) is 16.9 Å². The Morgan fingerprint density at radius 2 is 1.85 bits per heavy atom. The first-order valence-electron chi connectivity index (χ1n) is 9.07. The molecule has 0 unspecified atom stereocenters. The Kier molecular flexibility index (Phi) is 5.45. The van der Waals surface area contributed by atoms with Gasteiger partial charge in [0.15, 0.2) is 0 Å². The molecule has 0 N–H and O–H groups in total. The van der Waals surface area contributed by atoms with E-state index < -0.39 is 10.0 Å². The van der Waals surface area contributed by atoms with E-state index in [2.05, 4.69) is 29.2 Å². The van der Waals surface area contributed by atoms with Gasteiger partial charge in [0.1, 0.15) is 9.22 Å². The Labute approximate surface area is 168 Å². The first-order valence-corrected chi connectivity index (χ1v) is 12.3. The SMILES string of the molecule is Cc1csc(-c2csc(S(=O)(=O)N3CCC(Cc4ccccc4)CC3)c2)n1. The quantitative estimate of drug-likeness (QED) is 0.597. The molecule has 7 heteroatoms. The molecule has 0 saturated carbocycles. The Morgan fingerprint density at radius 1 is 1.11 bits per heavy atom. The second-order valence-corrected chi connectivity index (χ2v) is 10.9. The third-order valence-corrected chi connectivity index (χ3v) is 9.30. The number of aryl methyl sites for hydroxylation is 1. The van der Waals surface area contributed by atoms with Crippen molar-refractivity contribution in [2.45, 2.75) is 30.4 Å². The maximum Gasteiger partial charge on any atom is 0.252 e. The number of nitrogens with zero attached hydrogens (tertiary/aromatic N) is 2. The number of thiophene rings is 1. The molecule has 4 rings (SSSR count). The third-order valence-electron chi connectivity index (χ3n) is 4.98. The minimum absolute atomic E-state index is 0.423. The largest absolute Gasteiger partial charge is 0.252 e. The fraction of sp³-hybridized carbons (Fsp3) is 0.350. The molecular formula is C20H22N2O2S3. The van der Waals surface area contributed by atoms with Crippen LogP contribution < -0.4 is 0 Å². The summed E-state index contributed by atoms with van der Waals surface area (Å²) in [5.74, 6) is 0.552. The fourth-order valence-corrected chi connectivity index (χ4v) is 7.13. The van der Waals surface area contributed by atoms with Gasteiger partial charge in [-0.2, -0.15) is 4.31 Å². The lowest BCUT2D eigenvalue weighted by Gasteiger charge is -2.30. The average Bonchev–Trinajstić information content (AvgIpc) is 3.32. The van der Waals surface area contributed by atoms with Gasteiger partial charge in [-0.15, -0.1) is 22.7 Å². The number of aromatic nitrogens is 1. The molecule has 27 heavy (non-hydrogen) atoms. The minimum atomic E-state index is -3.41. The number of benzene rings is 1. The Balaban J connectivity index is 1.42. The maximum atomic E-state index is 13.0. The van der Waals surface area contributed by atoms with Crippen molar-refractivity contribution < 1.29 is 8.42 Å². The monoisotopic (exact) mass is 418 g/mol. The summed E-state index contributed by atoms with van der Waals surface area (Å²) in [4.78, 5) is 4.46. The van der Waals surface area contributed by atoms with Gasteiger partial charge in [0, 0.05) is 35.1 Å². The minimum Gasteiger partial charge on any atom is -0.241 e. The highest BCUT2D eigenvalue weighted by Gasteiger charge is 2.30. The molecule has 4 nitrogen and oxygen atoms in total. The topological polar surface area (TPSA) is 50.3 Å². The molecular weight excluding hydrogens is 396 g/mol. The van der Waals surface area contributed by atoms with Gasteiger partial charge in [0.25, 0.3) is 10.0 Å². The molecule has 0 atom stereocenters. The van der Waals surface area contributed by atoms with Gasteiger partial charge in [0.05, 0.1) is 0 Å². The smallest absolute Gasteiger partial charge is 0.241 e. The van der Waals surface area contributed by atoms with Crippen LogP contribution in [0.2, 0.25) is 0 Å². The van der Waals surface area contributed by atoms with Crippen molar-refractivity contribution in [2.24, 2.45) is 5.92 Å². The van der Waals surface area contributed by atoms with Gasteiger partial charge in [-0.3, -0.25) is 0 Å². The summed E-state index contributed by atoms with van der Waals surface area (Å²) in [7, 11) is -3.41. The normalized spacial score (nSPS) is 16.6. The van der Waals surface area contributed by atoms with Crippen LogP contribution in [-0.4, -0.2) is 30.8 Å². The van der Waals surface area contributed by atoms with E-state index in [4.69, 9.17) is 0 Å². The van der Waals surface area contributed by atoms with Crippen molar-refractivity contribution in [3.05, 3.63) is 58.4 Å². The first kappa shape index (κ1) is 18.8. The van der Waals surface area contributed by atoms with Crippen LogP contribution in [0.5, 0.6) is 0 Å². The molecule has 3 aromatic rings. The summed E-state index contributed by atoms with van der Waals surface area (Å²) in [5, 5.41) is 4.76. The van der Waals surface area contributed by atoms with Gasteiger partial charge in [0.2, 0.25) is 0 Å². The first-order chi connectivity index (χ1) is 13.0. The maximum absolute atomic E-state index is 13.0. The highest BCUT2D eigenvalue weighted by molar-refractivity contribution is 7.91. The number of hydrogen-bond donors (Lipinski definition) is 0. The van der Waals surface area contributed by atoms with Gasteiger partial charge in [-0.05, 0) is 43.7 Å². The van der Waals surface area contributed by atoms with Crippen LogP contribution in [0.1, 0.15) is 24.1 Å². The second-order valence-electron chi connectivity index (χ2n) is 6.99. The lowest BCUT2D eigenvalue weighted by Crippen LogP contribution is -2.38. The Bertz CT molecular complexity index is 1000. The van der Waals surface area contributed by atoms with E-state index in [1.807, 2.05) is 23.8 Å². The lowest BCUT2D eigenvalue weighted by atomic mass is 9.91. The molecule has 2 aromatic heterocycles. The summed E-state index contributed by atoms with van der Waals surface area (Å²) in [6.45, 7) is 3.15. The molecule has 1 aliphatic rings. The van der Waals surface area contributed by atoms with Gasteiger partial charge in [-0.1, -0.05) is 30.3 Å². The predicted molar refractivity (Wildman–Crippen MR) is 112 cm³/mol. The molecule has 1 aliphatic heterocycles. The summed E-state index contributed by atoms with van der Waals surface area (Å²) < 4.78 is 28.1. The van der Waals surface area contributed by atoms with Crippen LogP contribution in [-0.2, 0) is 16.4 Å². The van der Waals surface area contributed by atoms with E-state index >= 15 is 0 Å². The van der Waals surface area contributed by atoms with Crippen LogP contribution in [0, 0.1) is 12.8 Å². The Morgan fingerprint density at radius 3 is 2.52 bits per heavy atom. The van der Waals surface area contributed by atoms with Crippen molar-refractivity contribution in [1.29, 1.82) is 0 Å². The number of rotatable bonds is 5. The van der Waals surface area contributed by atoms with Crippen LogP contribution in [0.4, 0.5) is 0 Å². The number of sulfonamides is 1. The highest BCUT2D eigenvalue weighted by Crippen LogP contribution is 2.33. The van der Waals surface area contributed by atoms with E-state index in [0.29, 0.717) is 23.2 Å². The van der Waals surface area contributed by atoms with Crippen molar-refractivity contribution in [1.82, 2.24) is 9.29 Å². The van der Waals surface area contributed by atoms with E-state index in [-0.39, 0.29) is 0 Å². The van der Waals surface area contributed by atoms with Gasteiger partial charge >= 0.3 is 0 Å². The number of hydrogen-bond acceptors (Lipinski definition) is 5. The summed E-state index contributed by atoms with van der Waals surface area (Å²) >= 11 is 2.85. The zero-order chi connectivity index (χ0) is 18.9. The molecule has 0 aliphatic carbocycles. The van der Waals surface area contributed by atoms with Crippen molar-refractivity contribution >= 4 is 32.7 Å². The van der Waals surface area contributed by atoms with E-state index in [0.717, 1.165) is 35.5 Å². The summed E-state index contributed by atoms with van der Waals surface area (Å²) in [5.41, 5.74) is 3.20. The van der Waals surface area contributed by atoms with Crippen molar-refractivity contribution in [2.75, 3.05) is 13.1 Å². The summed E-state index contributed by atoms with van der Waals surface area (Å²) in [6, 6.07) is 12.2. The predicted octanol–water partition coefficient (Wildman–Crippen LogP) is 4.82. The molecule has 1 saturated heterocycles. The molecule has 0 radical (unpaired) electrons. The molecule has 0 bridgehead atoms. The lowest BCUT2D eigenvalue weighted by molar-refractivity contribution is 0.273. The van der Waals surface area contributed by atoms with E-state index in [1.54, 1.807) is 21.7 Å². The zero-order valence-corrected chi connectivity index (χ0v) is 17.6. The number of thiazole rings is 1. The van der Waals surface area contributed by atoms with Crippen LogP contribution >= 0.6 is 22.7 Å². The molecule has 1 aromatic carbocycles. The summed E-state index contributed by atoms with van der Waals surface area (Å²) in [6.07, 6.45) is 2.86. The van der Waals surface area contributed by atoms with Crippen LogP contribution in [0.15, 0.2) is 51.4 Å². The number of piperidine rings is 1.